The second kappa shape index (κ2) is 8.98. The maximum atomic E-state index is 14.9. The first-order valence-corrected chi connectivity index (χ1v) is 8.93. The zero-order valence-corrected chi connectivity index (χ0v) is 16.2. The standard InChI is InChI=1S/C18H17F4N3O6/c1-7(26)29-6-13-17(30-8(2)27)16(15(22)18(28)31-13)25-5-12(23-24-25)9-3-10(19)14(21)11(20)4-9/h3-5,13,15-18,28H,6H2,1-2H3/t13-,15-,16-,17+,18?/m1/s1. The SMILES string of the molecule is CC(=O)OC[C@H]1OC(O)[C@H](F)[C@@H](n2cc(-c3cc(F)c(F)c(F)c3)nn2)[C@H]1OC(C)=O. The van der Waals surface area contributed by atoms with Gasteiger partial charge in [0.15, 0.2) is 36.0 Å². The lowest BCUT2D eigenvalue weighted by atomic mass is 9.97. The highest BCUT2D eigenvalue weighted by Gasteiger charge is 2.50. The number of aliphatic hydroxyl groups excluding tert-OH is 1. The summed E-state index contributed by atoms with van der Waals surface area (Å²) in [6.45, 7) is 1.69. The fraction of sp³-hybridized carbons (Fsp3) is 0.444. The van der Waals surface area contributed by atoms with E-state index in [-0.39, 0.29) is 11.3 Å². The average Bonchev–Trinajstić information content (AvgIpc) is 3.16. The van der Waals surface area contributed by atoms with Crippen LogP contribution >= 0.6 is 0 Å². The second-order valence-corrected chi connectivity index (χ2v) is 6.71. The molecule has 1 unspecified atom stereocenters. The minimum atomic E-state index is -2.17. The van der Waals surface area contributed by atoms with Crippen LogP contribution in [0.15, 0.2) is 18.3 Å². The smallest absolute Gasteiger partial charge is 0.303 e. The number of hydrogen-bond donors (Lipinski definition) is 1. The zero-order chi connectivity index (χ0) is 22.9. The van der Waals surface area contributed by atoms with Crippen molar-refractivity contribution in [2.45, 2.75) is 44.6 Å². The molecule has 5 atom stereocenters. The molecule has 1 aromatic carbocycles. The molecule has 1 aliphatic rings. The van der Waals surface area contributed by atoms with Crippen LogP contribution < -0.4 is 0 Å². The largest absolute Gasteiger partial charge is 0.463 e. The molecule has 1 aliphatic heterocycles. The van der Waals surface area contributed by atoms with Gasteiger partial charge in [-0.3, -0.25) is 9.59 Å². The highest BCUT2D eigenvalue weighted by atomic mass is 19.2. The molecule has 1 saturated heterocycles. The van der Waals surface area contributed by atoms with E-state index in [2.05, 4.69) is 10.3 Å². The maximum Gasteiger partial charge on any atom is 0.303 e. The number of esters is 2. The minimum Gasteiger partial charge on any atom is -0.463 e. The van der Waals surface area contributed by atoms with Crippen LogP contribution in [0.3, 0.4) is 0 Å². The molecule has 1 N–H and O–H groups in total. The molecule has 1 fully saturated rings. The van der Waals surface area contributed by atoms with E-state index < -0.39 is 66.7 Å². The Morgan fingerprint density at radius 1 is 1.19 bits per heavy atom. The van der Waals surface area contributed by atoms with Gasteiger partial charge in [0, 0.05) is 19.4 Å². The number of rotatable bonds is 5. The van der Waals surface area contributed by atoms with E-state index in [4.69, 9.17) is 14.2 Å². The Bertz CT molecular complexity index is 964. The van der Waals surface area contributed by atoms with Gasteiger partial charge in [-0.1, -0.05) is 5.21 Å². The van der Waals surface area contributed by atoms with Crippen LogP contribution in [0, 0.1) is 17.5 Å². The number of nitrogens with zero attached hydrogens (tertiary/aromatic N) is 3. The van der Waals surface area contributed by atoms with Crippen molar-refractivity contribution >= 4 is 11.9 Å². The summed E-state index contributed by atoms with van der Waals surface area (Å²) in [6.07, 6.45) is -5.76. The van der Waals surface area contributed by atoms with Crippen LogP contribution in [0.2, 0.25) is 0 Å². The van der Waals surface area contributed by atoms with Crippen molar-refractivity contribution in [2.75, 3.05) is 6.61 Å². The first kappa shape index (κ1) is 22.6. The van der Waals surface area contributed by atoms with Gasteiger partial charge in [0.25, 0.3) is 0 Å². The fourth-order valence-corrected chi connectivity index (χ4v) is 3.13. The van der Waals surface area contributed by atoms with E-state index in [1.807, 2.05) is 0 Å². The predicted octanol–water partition coefficient (Wildman–Crippen LogP) is 1.45. The topological polar surface area (TPSA) is 113 Å². The van der Waals surface area contributed by atoms with Crippen molar-refractivity contribution in [3.63, 3.8) is 0 Å². The molecule has 0 radical (unpaired) electrons. The monoisotopic (exact) mass is 447 g/mol. The van der Waals surface area contributed by atoms with Crippen LogP contribution in [0.5, 0.6) is 0 Å². The number of alkyl halides is 1. The number of aliphatic hydroxyl groups is 1. The van der Waals surface area contributed by atoms with E-state index in [9.17, 15) is 32.3 Å². The van der Waals surface area contributed by atoms with Crippen molar-refractivity contribution in [1.29, 1.82) is 0 Å². The first-order valence-electron chi connectivity index (χ1n) is 8.93. The van der Waals surface area contributed by atoms with E-state index in [0.717, 1.165) is 24.7 Å². The van der Waals surface area contributed by atoms with E-state index in [1.165, 1.54) is 0 Å². The molecule has 2 heterocycles. The molecule has 1 aromatic heterocycles. The van der Waals surface area contributed by atoms with E-state index >= 15 is 0 Å². The van der Waals surface area contributed by atoms with Gasteiger partial charge < -0.3 is 19.3 Å². The molecular formula is C18H17F4N3O6. The Balaban J connectivity index is 1.97. The number of carbonyl (C=O) groups is 2. The van der Waals surface area contributed by atoms with Gasteiger partial charge in [0.05, 0.1) is 6.20 Å². The highest BCUT2D eigenvalue weighted by Crippen LogP contribution is 2.34. The lowest BCUT2D eigenvalue weighted by molar-refractivity contribution is -0.261. The summed E-state index contributed by atoms with van der Waals surface area (Å²) >= 11 is 0. The maximum absolute atomic E-state index is 14.9. The molecular weight excluding hydrogens is 430 g/mol. The van der Waals surface area contributed by atoms with E-state index in [1.54, 1.807) is 0 Å². The second-order valence-electron chi connectivity index (χ2n) is 6.71. The quantitative estimate of drug-likeness (QED) is 0.417. The molecule has 3 rings (SSSR count). The summed E-state index contributed by atoms with van der Waals surface area (Å²) < 4.78 is 71.0. The zero-order valence-electron chi connectivity index (χ0n) is 16.2. The van der Waals surface area contributed by atoms with Gasteiger partial charge in [-0.05, 0) is 12.1 Å². The number of aromatic nitrogens is 3. The highest BCUT2D eigenvalue weighted by molar-refractivity contribution is 5.66. The van der Waals surface area contributed by atoms with Gasteiger partial charge in [0.1, 0.15) is 24.4 Å². The Morgan fingerprint density at radius 2 is 1.84 bits per heavy atom. The summed E-state index contributed by atoms with van der Waals surface area (Å²) in [6, 6.07) is -0.151. The van der Waals surface area contributed by atoms with Crippen LogP contribution in [0.4, 0.5) is 17.6 Å². The summed E-state index contributed by atoms with van der Waals surface area (Å²) in [4.78, 5) is 22.7. The normalized spacial score (nSPS) is 25.8. The molecule has 9 nitrogen and oxygen atoms in total. The lowest BCUT2D eigenvalue weighted by Gasteiger charge is -2.40. The number of carbonyl (C=O) groups excluding carboxylic acids is 2. The molecule has 0 aliphatic carbocycles. The molecule has 2 aromatic rings. The molecule has 168 valence electrons. The molecule has 0 spiro atoms. The van der Waals surface area contributed by atoms with Crippen LogP contribution in [-0.4, -0.2) is 63.3 Å². The third-order valence-corrected chi connectivity index (χ3v) is 4.46. The van der Waals surface area contributed by atoms with Crippen LogP contribution in [0.1, 0.15) is 19.9 Å². The number of hydrogen-bond acceptors (Lipinski definition) is 8. The third-order valence-electron chi connectivity index (χ3n) is 4.46. The van der Waals surface area contributed by atoms with Crippen molar-refractivity contribution in [2.24, 2.45) is 0 Å². The first-order chi connectivity index (χ1) is 14.6. The van der Waals surface area contributed by atoms with Crippen LogP contribution in [-0.2, 0) is 23.8 Å². The van der Waals surface area contributed by atoms with Gasteiger partial charge in [-0.2, -0.15) is 0 Å². The van der Waals surface area contributed by atoms with E-state index in [0.29, 0.717) is 12.1 Å². The van der Waals surface area contributed by atoms with Crippen molar-refractivity contribution in [1.82, 2.24) is 15.0 Å². The molecule has 13 heteroatoms. The third kappa shape index (κ3) is 4.82. The lowest BCUT2D eigenvalue weighted by Crippen LogP contribution is -2.56. The minimum absolute atomic E-state index is 0.149. The van der Waals surface area contributed by atoms with Crippen molar-refractivity contribution in [3.05, 3.63) is 35.8 Å². The summed E-state index contributed by atoms with van der Waals surface area (Å²) in [5.74, 6) is -6.11. The Morgan fingerprint density at radius 3 is 2.42 bits per heavy atom. The number of ether oxygens (including phenoxy) is 3. The Kier molecular flexibility index (Phi) is 6.55. The molecule has 0 amide bonds. The molecule has 31 heavy (non-hydrogen) atoms. The predicted molar refractivity (Wildman–Crippen MR) is 92.3 cm³/mol. The number of benzene rings is 1. The summed E-state index contributed by atoms with van der Waals surface area (Å²) in [5.41, 5.74) is -0.338. The van der Waals surface area contributed by atoms with Gasteiger partial charge in [-0.25, -0.2) is 22.2 Å². The summed E-state index contributed by atoms with van der Waals surface area (Å²) in [5, 5.41) is 17.3. The van der Waals surface area contributed by atoms with Crippen molar-refractivity contribution < 1.29 is 46.5 Å². The van der Waals surface area contributed by atoms with Gasteiger partial charge >= 0.3 is 11.9 Å². The van der Waals surface area contributed by atoms with Crippen LogP contribution in [0.25, 0.3) is 11.3 Å². The van der Waals surface area contributed by atoms with Crippen molar-refractivity contribution in [3.8, 4) is 11.3 Å². The fourth-order valence-electron chi connectivity index (χ4n) is 3.13. The van der Waals surface area contributed by atoms with Gasteiger partial charge in [-0.15, -0.1) is 5.10 Å². The Labute approximate surface area is 172 Å². The number of halogens is 4. The summed E-state index contributed by atoms with van der Waals surface area (Å²) in [7, 11) is 0. The molecule has 0 saturated carbocycles. The van der Waals surface area contributed by atoms with Gasteiger partial charge in [0.2, 0.25) is 0 Å². The average molecular weight is 447 g/mol. The Hall–Kier alpha value is -3.06. The molecule has 0 bridgehead atoms.